The van der Waals surface area contributed by atoms with Gasteiger partial charge in [-0.2, -0.15) is 0 Å². The van der Waals surface area contributed by atoms with E-state index in [1.165, 1.54) is 5.56 Å². The Bertz CT molecular complexity index is 786. The fraction of sp³-hybridized carbons (Fsp3) is 0.364. The van der Waals surface area contributed by atoms with Gasteiger partial charge in [0.15, 0.2) is 6.61 Å². The highest BCUT2D eigenvalue weighted by Crippen LogP contribution is 2.24. The van der Waals surface area contributed by atoms with Crippen molar-refractivity contribution in [3.63, 3.8) is 0 Å². The molecule has 0 unspecified atom stereocenters. The van der Waals surface area contributed by atoms with Crippen LogP contribution in [0.15, 0.2) is 36.4 Å². The smallest absolute Gasteiger partial charge is 0.262 e. The van der Waals surface area contributed by atoms with E-state index in [4.69, 9.17) is 4.74 Å². The van der Waals surface area contributed by atoms with Gasteiger partial charge in [-0.05, 0) is 70.0 Å². The van der Waals surface area contributed by atoms with Crippen LogP contribution in [0, 0.1) is 20.8 Å². The fourth-order valence-corrected chi connectivity index (χ4v) is 3.12. The van der Waals surface area contributed by atoms with E-state index in [0.717, 1.165) is 16.9 Å². The molecule has 5 heteroatoms. The summed E-state index contributed by atoms with van der Waals surface area (Å²) in [6, 6.07) is 11.0. The maximum atomic E-state index is 12.3. The summed E-state index contributed by atoms with van der Waals surface area (Å²) in [6.45, 7) is 11.2. The van der Waals surface area contributed by atoms with E-state index in [1.54, 1.807) is 29.2 Å². The average Bonchev–Trinajstić information content (AvgIpc) is 2.62. The van der Waals surface area contributed by atoms with Crippen LogP contribution in [0.5, 0.6) is 5.75 Å². The molecule has 2 amide bonds. The lowest BCUT2D eigenvalue weighted by atomic mass is 10.1. The molecular formula is C22H28N2O3. The number of nitrogens with one attached hydrogen (secondary N) is 1. The molecule has 0 spiro atoms. The summed E-state index contributed by atoms with van der Waals surface area (Å²) >= 11 is 0. The number of hydrogen-bond donors (Lipinski definition) is 1. The van der Waals surface area contributed by atoms with Gasteiger partial charge in [-0.25, -0.2) is 0 Å². The molecule has 0 aliphatic carbocycles. The number of nitrogens with zero attached hydrogens (tertiary/aromatic N) is 1. The summed E-state index contributed by atoms with van der Waals surface area (Å²) in [5, 5.41) is 2.80. The first-order valence-electron chi connectivity index (χ1n) is 9.25. The van der Waals surface area contributed by atoms with Gasteiger partial charge in [0.05, 0.1) is 0 Å². The number of amides is 2. The van der Waals surface area contributed by atoms with Gasteiger partial charge in [0.1, 0.15) is 5.75 Å². The van der Waals surface area contributed by atoms with Crippen LogP contribution >= 0.6 is 0 Å². The van der Waals surface area contributed by atoms with Crippen LogP contribution in [-0.4, -0.2) is 36.4 Å². The Balaban J connectivity index is 1.96. The summed E-state index contributed by atoms with van der Waals surface area (Å²) in [7, 11) is 0. The highest BCUT2D eigenvalue weighted by Gasteiger charge is 2.13. The second kappa shape index (κ2) is 9.21. The Kier molecular flexibility index (Phi) is 6.99. The van der Waals surface area contributed by atoms with Crippen LogP contribution in [-0.2, 0) is 4.79 Å². The molecule has 5 nitrogen and oxygen atoms in total. The molecular weight excluding hydrogens is 340 g/mol. The molecule has 27 heavy (non-hydrogen) atoms. The third-order valence-corrected chi connectivity index (χ3v) is 4.42. The third-order valence-electron chi connectivity index (χ3n) is 4.42. The molecule has 0 bridgehead atoms. The molecule has 1 N–H and O–H groups in total. The Morgan fingerprint density at radius 2 is 1.52 bits per heavy atom. The van der Waals surface area contributed by atoms with E-state index in [9.17, 15) is 9.59 Å². The molecule has 0 fully saturated rings. The molecule has 0 radical (unpaired) electrons. The van der Waals surface area contributed by atoms with Gasteiger partial charge >= 0.3 is 0 Å². The molecule has 0 aliphatic heterocycles. The molecule has 0 saturated heterocycles. The highest BCUT2D eigenvalue weighted by molar-refractivity contribution is 5.96. The van der Waals surface area contributed by atoms with Gasteiger partial charge < -0.3 is 15.0 Å². The first kappa shape index (κ1) is 20.5. The third kappa shape index (κ3) is 5.33. The maximum Gasteiger partial charge on any atom is 0.262 e. The number of carbonyl (C=O) groups is 2. The van der Waals surface area contributed by atoms with Gasteiger partial charge in [0.25, 0.3) is 11.8 Å². The summed E-state index contributed by atoms with van der Waals surface area (Å²) in [5.74, 6) is 0.500. The molecule has 0 saturated carbocycles. The number of anilines is 1. The molecule has 2 rings (SSSR count). The number of rotatable bonds is 7. The Morgan fingerprint density at radius 3 is 2.04 bits per heavy atom. The van der Waals surface area contributed by atoms with Crippen molar-refractivity contribution in [1.82, 2.24) is 4.90 Å². The van der Waals surface area contributed by atoms with Crippen molar-refractivity contribution in [3.05, 3.63) is 58.7 Å². The van der Waals surface area contributed by atoms with Crippen molar-refractivity contribution in [2.45, 2.75) is 34.6 Å². The molecule has 0 aliphatic rings. The number of hydrogen-bond acceptors (Lipinski definition) is 3. The quantitative estimate of drug-likeness (QED) is 0.800. The van der Waals surface area contributed by atoms with E-state index in [2.05, 4.69) is 5.32 Å². The predicted octanol–water partition coefficient (Wildman–Crippen LogP) is 4.11. The van der Waals surface area contributed by atoms with Crippen molar-refractivity contribution >= 4 is 17.5 Å². The fourth-order valence-electron chi connectivity index (χ4n) is 3.12. The van der Waals surface area contributed by atoms with Crippen molar-refractivity contribution in [2.24, 2.45) is 0 Å². The second-order valence-electron chi connectivity index (χ2n) is 6.62. The van der Waals surface area contributed by atoms with E-state index in [0.29, 0.717) is 24.3 Å². The molecule has 0 aromatic heterocycles. The zero-order valence-corrected chi connectivity index (χ0v) is 16.8. The van der Waals surface area contributed by atoms with Crippen molar-refractivity contribution < 1.29 is 14.3 Å². The normalized spacial score (nSPS) is 10.4. The number of ether oxygens (including phenoxy) is 1. The van der Waals surface area contributed by atoms with Crippen molar-refractivity contribution in [3.8, 4) is 5.75 Å². The first-order valence-corrected chi connectivity index (χ1v) is 9.25. The molecule has 0 atom stereocenters. The molecule has 2 aromatic rings. The van der Waals surface area contributed by atoms with Crippen LogP contribution in [0.2, 0.25) is 0 Å². The second-order valence-corrected chi connectivity index (χ2v) is 6.62. The number of carbonyl (C=O) groups excluding carboxylic acids is 2. The van der Waals surface area contributed by atoms with E-state index in [-0.39, 0.29) is 18.4 Å². The predicted molar refractivity (Wildman–Crippen MR) is 108 cm³/mol. The first-order chi connectivity index (χ1) is 12.8. The minimum atomic E-state index is -0.239. The lowest BCUT2D eigenvalue weighted by Crippen LogP contribution is -2.30. The van der Waals surface area contributed by atoms with E-state index >= 15 is 0 Å². The summed E-state index contributed by atoms with van der Waals surface area (Å²) in [6.07, 6.45) is 0. The summed E-state index contributed by atoms with van der Waals surface area (Å²) in [5.41, 5.74) is 4.44. The Labute approximate surface area is 161 Å². The minimum Gasteiger partial charge on any atom is -0.483 e. The summed E-state index contributed by atoms with van der Waals surface area (Å²) in [4.78, 5) is 26.2. The van der Waals surface area contributed by atoms with Crippen molar-refractivity contribution in [2.75, 3.05) is 25.0 Å². The standard InChI is InChI=1S/C22H28N2O3/c1-6-24(7-2)22(26)18-8-10-19(11-9-18)23-20(25)14-27-21-16(4)12-15(3)13-17(21)5/h8-13H,6-7,14H2,1-5H3,(H,23,25). The lowest BCUT2D eigenvalue weighted by Gasteiger charge is -2.18. The zero-order chi connectivity index (χ0) is 20.0. The van der Waals surface area contributed by atoms with Crippen LogP contribution in [0.25, 0.3) is 0 Å². The highest BCUT2D eigenvalue weighted by atomic mass is 16.5. The van der Waals surface area contributed by atoms with Gasteiger partial charge in [0.2, 0.25) is 0 Å². The van der Waals surface area contributed by atoms with Crippen LogP contribution in [0.3, 0.4) is 0 Å². The topological polar surface area (TPSA) is 58.6 Å². The maximum absolute atomic E-state index is 12.3. The Morgan fingerprint density at radius 1 is 0.963 bits per heavy atom. The van der Waals surface area contributed by atoms with Crippen LogP contribution < -0.4 is 10.1 Å². The number of benzene rings is 2. The molecule has 2 aromatic carbocycles. The van der Waals surface area contributed by atoms with Gasteiger partial charge in [-0.3, -0.25) is 9.59 Å². The lowest BCUT2D eigenvalue weighted by molar-refractivity contribution is -0.118. The number of aryl methyl sites for hydroxylation is 3. The zero-order valence-electron chi connectivity index (χ0n) is 16.8. The Hall–Kier alpha value is -2.82. The minimum absolute atomic E-state index is 0.00784. The molecule has 144 valence electrons. The molecule has 0 heterocycles. The van der Waals surface area contributed by atoms with Gasteiger partial charge in [0, 0.05) is 24.3 Å². The van der Waals surface area contributed by atoms with Gasteiger partial charge in [-0.1, -0.05) is 17.7 Å². The van der Waals surface area contributed by atoms with Crippen LogP contribution in [0.1, 0.15) is 40.9 Å². The van der Waals surface area contributed by atoms with E-state index in [1.807, 2.05) is 46.8 Å². The van der Waals surface area contributed by atoms with Gasteiger partial charge in [-0.15, -0.1) is 0 Å². The van der Waals surface area contributed by atoms with E-state index < -0.39 is 0 Å². The average molecular weight is 368 g/mol. The monoisotopic (exact) mass is 368 g/mol. The SMILES string of the molecule is CCN(CC)C(=O)c1ccc(NC(=O)COc2c(C)cc(C)cc2C)cc1. The van der Waals surface area contributed by atoms with Crippen molar-refractivity contribution in [1.29, 1.82) is 0 Å². The largest absolute Gasteiger partial charge is 0.483 e. The van der Waals surface area contributed by atoms with Crippen LogP contribution in [0.4, 0.5) is 5.69 Å². The summed E-state index contributed by atoms with van der Waals surface area (Å²) < 4.78 is 5.71.